The summed E-state index contributed by atoms with van der Waals surface area (Å²) in [7, 11) is -4.10. The number of sulfonamides is 1. The van der Waals surface area contributed by atoms with E-state index in [2.05, 4.69) is 4.72 Å². The first-order chi connectivity index (χ1) is 9.29. The largest absolute Gasteiger partial charge is 0.399 e. The predicted molar refractivity (Wildman–Crippen MR) is 77.8 cm³/mol. The fraction of sp³-hybridized carbons (Fsp3) is 0.0769. The van der Waals surface area contributed by atoms with E-state index in [1.807, 2.05) is 0 Å². The maximum Gasteiger partial charge on any atom is 0.264 e. The minimum atomic E-state index is -4.10. The maximum atomic E-state index is 13.6. The number of hydrogen-bond acceptors (Lipinski definition) is 3. The molecule has 0 fully saturated rings. The molecule has 0 saturated heterocycles. The van der Waals surface area contributed by atoms with Crippen molar-refractivity contribution in [1.29, 1.82) is 0 Å². The average molecular weight is 315 g/mol. The molecule has 20 heavy (non-hydrogen) atoms. The number of nitrogen functional groups attached to an aromatic ring is 1. The molecule has 0 bridgehead atoms. The number of halogens is 2. The number of rotatable bonds is 3. The van der Waals surface area contributed by atoms with Crippen LogP contribution in [-0.4, -0.2) is 8.42 Å². The van der Waals surface area contributed by atoms with E-state index >= 15 is 0 Å². The second kappa shape index (κ2) is 5.30. The lowest BCUT2D eigenvalue weighted by Gasteiger charge is -2.11. The average Bonchev–Trinajstić information content (AvgIpc) is 2.36. The summed E-state index contributed by atoms with van der Waals surface area (Å²) in [5, 5.41) is 0.225. The molecule has 0 amide bonds. The highest BCUT2D eigenvalue weighted by molar-refractivity contribution is 7.92. The molecule has 7 heteroatoms. The van der Waals surface area contributed by atoms with Crippen molar-refractivity contribution in [3.63, 3.8) is 0 Å². The van der Waals surface area contributed by atoms with Crippen LogP contribution >= 0.6 is 11.6 Å². The molecule has 0 aliphatic heterocycles. The Bertz CT molecular complexity index is 763. The molecule has 0 aliphatic carbocycles. The van der Waals surface area contributed by atoms with Gasteiger partial charge in [0.05, 0.1) is 10.7 Å². The van der Waals surface area contributed by atoms with Crippen LogP contribution in [0.4, 0.5) is 15.8 Å². The third-order valence-corrected chi connectivity index (χ3v) is 4.32. The zero-order chi connectivity index (χ0) is 14.9. The number of benzene rings is 2. The minimum absolute atomic E-state index is 0.155. The number of aryl methyl sites for hydroxylation is 1. The Morgan fingerprint density at radius 1 is 1.20 bits per heavy atom. The lowest BCUT2D eigenvalue weighted by atomic mass is 10.2. The summed E-state index contributed by atoms with van der Waals surface area (Å²) in [5.41, 5.74) is 6.65. The smallest absolute Gasteiger partial charge is 0.264 e. The molecule has 0 spiro atoms. The van der Waals surface area contributed by atoms with Gasteiger partial charge in [0.25, 0.3) is 10.0 Å². The Labute approximate surface area is 121 Å². The molecule has 0 radical (unpaired) electrons. The van der Waals surface area contributed by atoms with Crippen LogP contribution < -0.4 is 10.5 Å². The first-order valence-electron chi connectivity index (χ1n) is 5.63. The summed E-state index contributed by atoms with van der Waals surface area (Å²) in [4.78, 5) is -0.518. The first kappa shape index (κ1) is 14.6. The molecule has 0 aliphatic rings. The summed E-state index contributed by atoms with van der Waals surface area (Å²) in [6, 6.07) is 8.20. The van der Waals surface area contributed by atoms with E-state index in [1.54, 1.807) is 25.1 Å². The third kappa shape index (κ3) is 3.02. The zero-order valence-corrected chi connectivity index (χ0v) is 12.1. The molecular weight excluding hydrogens is 303 g/mol. The molecule has 0 saturated carbocycles. The van der Waals surface area contributed by atoms with Gasteiger partial charge in [-0.15, -0.1) is 0 Å². The van der Waals surface area contributed by atoms with Gasteiger partial charge in [-0.1, -0.05) is 17.7 Å². The summed E-state index contributed by atoms with van der Waals surface area (Å²) in [6.45, 7) is 1.79. The molecule has 2 aromatic rings. The van der Waals surface area contributed by atoms with Crippen molar-refractivity contribution >= 4 is 33.0 Å². The van der Waals surface area contributed by atoms with E-state index in [0.29, 0.717) is 0 Å². The van der Waals surface area contributed by atoms with Crippen molar-refractivity contribution < 1.29 is 12.8 Å². The van der Waals surface area contributed by atoms with Crippen molar-refractivity contribution in [2.75, 3.05) is 10.5 Å². The molecule has 2 aromatic carbocycles. The van der Waals surface area contributed by atoms with Crippen molar-refractivity contribution in [3.8, 4) is 0 Å². The van der Waals surface area contributed by atoms with Crippen LogP contribution in [0, 0.1) is 12.7 Å². The molecule has 3 N–H and O–H groups in total. The normalized spacial score (nSPS) is 11.3. The van der Waals surface area contributed by atoms with Crippen molar-refractivity contribution in [1.82, 2.24) is 0 Å². The molecule has 0 atom stereocenters. The lowest BCUT2D eigenvalue weighted by Crippen LogP contribution is -2.15. The van der Waals surface area contributed by atoms with Gasteiger partial charge in [0, 0.05) is 5.69 Å². The standard InChI is InChI=1S/C13H12ClFN2O2S/c1-8-2-4-10(14)12(6-8)17-20(18,19)13-7-9(16)3-5-11(13)15/h2-7,17H,16H2,1H3. The fourth-order valence-electron chi connectivity index (χ4n) is 1.64. The van der Waals surface area contributed by atoms with Gasteiger partial charge in [-0.2, -0.15) is 0 Å². The number of anilines is 2. The highest BCUT2D eigenvalue weighted by atomic mass is 35.5. The van der Waals surface area contributed by atoms with E-state index in [1.165, 1.54) is 6.07 Å². The van der Waals surface area contributed by atoms with Gasteiger partial charge in [-0.3, -0.25) is 4.72 Å². The van der Waals surface area contributed by atoms with Crippen LogP contribution in [-0.2, 0) is 10.0 Å². The Hall–Kier alpha value is -1.79. The van der Waals surface area contributed by atoms with Crippen LogP contribution in [0.3, 0.4) is 0 Å². The van der Waals surface area contributed by atoms with Crippen molar-refractivity contribution in [2.45, 2.75) is 11.8 Å². The van der Waals surface area contributed by atoms with Crippen LogP contribution in [0.2, 0.25) is 5.02 Å². The summed E-state index contributed by atoms with van der Waals surface area (Å²) in [6.07, 6.45) is 0. The van der Waals surface area contributed by atoms with Gasteiger partial charge in [-0.05, 0) is 42.8 Å². The highest BCUT2D eigenvalue weighted by Crippen LogP contribution is 2.27. The zero-order valence-electron chi connectivity index (χ0n) is 10.5. The monoisotopic (exact) mass is 314 g/mol. The second-order valence-corrected chi connectivity index (χ2v) is 6.34. The first-order valence-corrected chi connectivity index (χ1v) is 7.50. The van der Waals surface area contributed by atoms with Gasteiger partial charge in [0.1, 0.15) is 10.7 Å². The Morgan fingerprint density at radius 3 is 2.60 bits per heavy atom. The van der Waals surface area contributed by atoms with Gasteiger partial charge in [0.2, 0.25) is 0 Å². The van der Waals surface area contributed by atoms with E-state index in [4.69, 9.17) is 17.3 Å². The number of nitrogens with one attached hydrogen (secondary N) is 1. The summed E-state index contributed by atoms with van der Waals surface area (Å²) < 4.78 is 40.2. The minimum Gasteiger partial charge on any atom is -0.399 e. The Kier molecular flexibility index (Phi) is 3.87. The van der Waals surface area contributed by atoms with Gasteiger partial charge in [-0.25, -0.2) is 12.8 Å². The molecule has 0 unspecified atom stereocenters. The van der Waals surface area contributed by atoms with Crippen LogP contribution in [0.1, 0.15) is 5.56 Å². The predicted octanol–water partition coefficient (Wildman–Crippen LogP) is 3.17. The van der Waals surface area contributed by atoms with Crippen LogP contribution in [0.5, 0.6) is 0 Å². The highest BCUT2D eigenvalue weighted by Gasteiger charge is 2.20. The maximum absolute atomic E-state index is 13.6. The molecule has 2 rings (SSSR count). The van der Waals surface area contributed by atoms with E-state index < -0.39 is 20.7 Å². The molecule has 106 valence electrons. The van der Waals surface area contributed by atoms with E-state index in [0.717, 1.165) is 17.7 Å². The number of hydrogen-bond donors (Lipinski definition) is 2. The Balaban J connectivity index is 2.46. The molecule has 0 heterocycles. The second-order valence-electron chi connectivity index (χ2n) is 4.28. The molecule has 4 nitrogen and oxygen atoms in total. The summed E-state index contributed by atoms with van der Waals surface area (Å²) in [5.74, 6) is -0.879. The van der Waals surface area contributed by atoms with Crippen molar-refractivity contribution in [3.05, 3.63) is 52.8 Å². The fourth-order valence-corrected chi connectivity index (χ4v) is 3.05. The van der Waals surface area contributed by atoms with E-state index in [-0.39, 0.29) is 16.4 Å². The lowest BCUT2D eigenvalue weighted by molar-refractivity contribution is 0.570. The SMILES string of the molecule is Cc1ccc(Cl)c(NS(=O)(=O)c2cc(N)ccc2F)c1. The Morgan fingerprint density at radius 2 is 1.90 bits per heavy atom. The van der Waals surface area contributed by atoms with Crippen LogP contribution in [0.25, 0.3) is 0 Å². The third-order valence-electron chi connectivity index (χ3n) is 2.61. The molecule has 0 aromatic heterocycles. The van der Waals surface area contributed by atoms with Gasteiger partial charge in [0.15, 0.2) is 0 Å². The van der Waals surface area contributed by atoms with E-state index in [9.17, 15) is 12.8 Å². The number of nitrogens with two attached hydrogens (primary N) is 1. The van der Waals surface area contributed by atoms with Crippen LogP contribution in [0.15, 0.2) is 41.3 Å². The van der Waals surface area contributed by atoms with Gasteiger partial charge >= 0.3 is 0 Å². The van der Waals surface area contributed by atoms with Gasteiger partial charge < -0.3 is 5.73 Å². The molecular formula is C13H12ClFN2O2S. The summed E-state index contributed by atoms with van der Waals surface area (Å²) >= 11 is 5.92. The van der Waals surface area contributed by atoms with Crippen molar-refractivity contribution in [2.24, 2.45) is 0 Å². The quantitative estimate of drug-likeness (QED) is 0.855. The topological polar surface area (TPSA) is 72.2 Å².